The van der Waals surface area contributed by atoms with Crippen molar-refractivity contribution >= 4 is 11.7 Å². The van der Waals surface area contributed by atoms with Crippen molar-refractivity contribution in [3.05, 3.63) is 29.8 Å². The molecule has 19 heavy (non-hydrogen) atoms. The summed E-state index contributed by atoms with van der Waals surface area (Å²) in [7, 11) is 1.94. The second kappa shape index (κ2) is 7.14. The van der Waals surface area contributed by atoms with Crippen molar-refractivity contribution in [3.63, 3.8) is 0 Å². The standard InChI is InChI=1S/C15H24N2O2/c1-5-14(15(18)19-6-2)17(4)11(3)12-8-7-9-13(16)10-12/h7-11,14H,5-6,16H2,1-4H3. The topological polar surface area (TPSA) is 55.6 Å². The van der Waals surface area contributed by atoms with Crippen molar-refractivity contribution in [2.24, 2.45) is 0 Å². The summed E-state index contributed by atoms with van der Waals surface area (Å²) < 4.78 is 5.12. The van der Waals surface area contributed by atoms with Gasteiger partial charge in [-0.1, -0.05) is 19.1 Å². The first-order valence-electron chi connectivity index (χ1n) is 6.75. The zero-order valence-electron chi connectivity index (χ0n) is 12.2. The molecule has 0 aliphatic carbocycles. The number of hydrogen-bond acceptors (Lipinski definition) is 4. The molecule has 0 heterocycles. The van der Waals surface area contributed by atoms with Gasteiger partial charge in [-0.15, -0.1) is 0 Å². The van der Waals surface area contributed by atoms with Crippen LogP contribution in [0.5, 0.6) is 0 Å². The summed E-state index contributed by atoms with van der Waals surface area (Å²) >= 11 is 0. The summed E-state index contributed by atoms with van der Waals surface area (Å²) in [6.45, 7) is 6.29. The third-order valence-corrected chi connectivity index (χ3v) is 3.44. The summed E-state index contributed by atoms with van der Waals surface area (Å²) in [5.74, 6) is -0.164. The van der Waals surface area contributed by atoms with Gasteiger partial charge < -0.3 is 10.5 Å². The molecule has 0 aliphatic heterocycles. The number of nitrogens with two attached hydrogens (primary N) is 1. The summed E-state index contributed by atoms with van der Waals surface area (Å²) in [4.78, 5) is 14.0. The third kappa shape index (κ3) is 3.96. The van der Waals surface area contributed by atoms with E-state index in [1.54, 1.807) is 0 Å². The fraction of sp³-hybridized carbons (Fsp3) is 0.533. The van der Waals surface area contributed by atoms with Crippen LogP contribution in [-0.4, -0.2) is 30.6 Å². The summed E-state index contributed by atoms with van der Waals surface area (Å²) in [5, 5.41) is 0. The average Bonchev–Trinajstić information content (AvgIpc) is 2.39. The van der Waals surface area contributed by atoms with Gasteiger partial charge in [0.25, 0.3) is 0 Å². The second-order valence-corrected chi connectivity index (χ2v) is 4.69. The molecule has 0 aliphatic rings. The Bertz CT molecular complexity index is 420. The van der Waals surface area contributed by atoms with Crippen molar-refractivity contribution in [1.82, 2.24) is 4.90 Å². The summed E-state index contributed by atoms with van der Waals surface area (Å²) in [5.41, 5.74) is 7.64. The molecule has 4 nitrogen and oxygen atoms in total. The monoisotopic (exact) mass is 264 g/mol. The SMILES string of the molecule is CCOC(=O)C(CC)N(C)C(C)c1cccc(N)c1. The molecular weight excluding hydrogens is 240 g/mol. The van der Waals surface area contributed by atoms with Crippen molar-refractivity contribution in [3.8, 4) is 0 Å². The van der Waals surface area contributed by atoms with E-state index in [4.69, 9.17) is 10.5 Å². The molecule has 0 saturated carbocycles. The number of ether oxygens (including phenoxy) is 1. The predicted octanol–water partition coefficient (Wildman–Crippen LogP) is 2.60. The van der Waals surface area contributed by atoms with E-state index in [1.165, 1.54) is 0 Å². The van der Waals surface area contributed by atoms with E-state index in [0.717, 1.165) is 17.7 Å². The highest BCUT2D eigenvalue weighted by atomic mass is 16.5. The minimum atomic E-state index is -0.226. The van der Waals surface area contributed by atoms with E-state index in [0.29, 0.717) is 6.61 Å². The van der Waals surface area contributed by atoms with E-state index < -0.39 is 0 Å². The second-order valence-electron chi connectivity index (χ2n) is 4.69. The number of benzene rings is 1. The van der Waals surface area contributed by atoms with Crippen LogP contribution in [0.15, 0.2) is 24.3 Å². The van der Waals surface area contributed by atoms with Gasteiger partial charge in [-0.05, 0) is 45.0 Å². The number of nitrogen functional groups attached to an aromatic ring is 1. The highest BCUT2D eigenvalue weighted by Gasteiger charge is 2.26. The molecule has 106 valence electrons. The van der Waals surface area contributed by atoms with Crippen molar-refractivity contribution in [1.29, 1.82) is 0 Å². The molecule has 4 heteroatoms. The Kier molecular flexibility index (Phi) is 5.83. The van der Waals surface area contributed by atoms with Crippen molar-refractivity contribution < 1.29 is 9.53 Å². The molecule has 1 rings (SSSR count). The van der Waals surface area contributed by atoms with Gasteiger partial charge in [-0.3, -0.25) is 9.69 Å². The van der Waals surface area contributed by atoms with Gasteiger partial charge >= 0.3 is 5.97 Å². The fourth-order valence-corrected chi connectivity index (χ4v) is 2.18. The Labute approximate surface area is 115 Å². The molecule has 1 aromatic carbocycles. The van der Waals surface area contributed by atoms with Crippen LogP contribution in [0.2, 0.25) is 0 Å². The van der Waals surface area contributed by atoms with Gasteiger partial charge in [-0.2, -0.15) is 0 Å². The third-order valence-electron chi connectivity index (χ3n) is 3.44. The average molecular weight is 264 g/mol. The maximum atomic E-state index is 11.9. The minimum Gasteiger partial charge on any atom is -0.465 e. The summed E-state index contributed by atoms with van der Waals surface area (Å²) in [6.07, 6.45) is 0.724. The number of carbonyl (C=O) groups excluding carboxylic acids is 1. The lowest BCUT2D eigenvalue weighted by atomic mass is 10.0. The van der Waals surface area contributed by atoms with E-state index >= 15 is 0 Å². The van der Waals surface area contributed by atoms with Crippen LogP contribution in [0, 0.1) is 0 Å². The van der Waals surface area contributed by atoms with Gasteiger partial charge in [0.05, 0.1) is 6.61 Å². The quantitative estimate of drug-likeness (QED) is 0.634. The molecule has 0 spiro atoms. The van der Waals surface area contributed by atoms with Crippen LogP contribution < -0.4 is 5.73 Å². The maximum absolute atomic E-state index is 11.9. The van der Waals surface area contributed by atoms with Crippen LogP contribution >= 0.6 is 0 Å². The van der Waals surface area contributed by atoms with Gasteiger partial charge in [0.15, 0.2) is 0 Å². The number of anilines is 1. The Balaban J connectivity index is 2.85. The molecule has 2 atom stereocenters. The lowest BCUT2D eigenvalue weighted by molar-refractivity contribution is -0.150. The number of likely N-dealkylation sites (N-methyl/N-ethyl adjacent to an activating group) is 1. The number of nitrogens with zero attached hydrogens (tertiary/aromatic N) is 1. The molecule has 0 bridgehead atoms. The van der Waals surface area contributed by atoms with E-state index in [2.05, 4.69) is 6.92 Å². The molecule has 1 aromatic rings. The first-order valence-corrected chi connectivity index (χ1v) is 6.75. The van der Waals surface area contributed by atoms with Crippen molar-refractivity contribution in [2.45, 2.75) is 39.3 Å². The molecule has 0 fully saturated rings. The largest absolute Gasteiger partial charge is 0.465 e. The Morgan fingerprint density at radius 2 is 2.11 bits per heavy atom. The number of rotatable bonds is 6. The van der Waals surface area contributed by atoms with E-state index in [9.17, 15) is 4.79 Å². The highest BCUT2D eigenvalue weighted by Crippen LogP contribution is 2.23. The minimum absolute atomic E-state index is 0.109. The molecule has 0 aromatic heterocycles. The molecule has 2 N–H and O–H groups in total. The number of esters is 1. The van der Waals surface area contributed by atoms with Crippen LogP contribution in [0.3, 0.4) is 0 Å². The molecule has 0 radical (unpaired) electrons. The maximum Gasteiger partial charge on any atom is 0.323 e. The van der Waals surface area contributed by atoms with Gasteiger partial charge in [0.2, 0.25) is 0 Å². The lowest BCUT2D eigenvalue weighted by Crippen LogP contribution is -2.40. The first kappa shape index (κ1) is 15.5. The number of hydrogen-bond donors (Lipinski definition) is 1. The number of carbonyl (C=O) groups is 1. The molecule has 0 amide bonds. The highest BCUT2D eigenvalue weighted by molar-refractivity contribution is 5.75. The molecule has 0 saturated heterocycles. The zero-order chi connectivity index (χ0) is 14.4. The van der Waals surface area contributed by atoms with Crippen LogP contribution in [0.4, 0.5) is 5.69 Å². The summed E-state index contributed by atoms with van der Waals surface area (Å²) in [6, 6.07) is 7.64. The van der Waals surface area contributed by atoms with E-state index in [-0.39, 0.29) is 18.1 Å². The van der Waals surface area contributed by atoms with Crippen molar-refractivity contribution in [2.75, 3.05) is 19.4 Å². The Morgan fingerprint density at radius 3 is 2.63 bits per heavy atom. The van der Waals surface area contributed by atoms with Crippen LogP contribution in [-0.2, 0) is 9.53 Å². The first-order chi connectivity index (χ1) is 9.01. The van der Waals surface area contributed by atoms with Crippen LogP contribution in [0.25, 0.3) is 0 Å². The normalized spacial score (nSPS) is 14.2. The van der Waals surface area contributed by atoms with Gasteiger partial charge in [0.1, 0.15) is 6.04 Å². The predicted molar refractivity (Wildman–Crippen MR) is 77.7 cm³/mol. The lowest BCUT2D eigenvalue weighted by Gasteiger charge is -2.31. The fourth-order valence-electron chi connectivity index (χ4n) is 2.18. The Morgan fingerprint density at radius 1 is 1.42 bits per heavy atom. The van der Waals surface area contributed by atoms with E-state index in [1.807, 2.05) is 50.1 Å². The smallest absolute Gasteiger partial charge is 0.323 e. The van der Waals surface area contributed by atoms with Gasteiger partial charge in [0, 0.05) is 11.7 Å². The van der Waals surface area contributed by atoms with Crippen LogP contribution in [0.1, 0.15) is 38.8 Å². The molecular formula is C15H24N2O2. The molecule has 2 unspecified atom stereocenters. The Hall–Kier alpha value is -1.55. The van der Waals surface area contributed by atoms with Gasteiger partial charge in [-0.25, -0.2) is 0 Å². The zero-order valence-corrected chi connectivity index (χ0v) is 12.2.